The summed E-state index contributed by atoms with van der Waals surface area (Å²) < 4.78 is 0. The molecule has 2 aromatic rings. The van der Waals surface area contributed by atoms with Crippen LogP contribution in [0.15, 0.2) is 65.1 Å². The Balaban J connectivity index is 1.72. The van der Waals surface area contributed by atoms with E-state index in [4.69, 9.17) is 0 Å². The van der Waals surface area contributed by atoms with E-state index in [1.165, 1.54) is 12.1 Å². The Morgan fingerprint density at radius 3 is 2.52 bits per heavy atom. The number of aromatic carboxylic acids is 1. The van der Waals surface area contributed by atoms with E-state index in [0.29, 0.717) is 0 Å². The number of amides is 3. The molecule has 3 amide bonds. The van der Waals surface area contributed by atoms with Crippen LogP contribution in [0, 0.1) is 6.92 Å². The lowest BCUT2D eigenvalue weighted by Crippen LogP contribution is -2.36. The molecule has 2 N–H and O–H groups in total. The first kappa shape index (κ1) is 22.0. The van der Waals surface area contributed by atoms with Crippen molar-refractivity contribution in [3.05, 3.63) is 81.8 Å². The number of allylic oxidation sites excluding steroid dienone is 2. The van der Waals surface area contributed by atoms with Crippen LogP contribution in [-0.2, 0) is 9.59 Å². The van der Waals surface area contributed by atoms with E-state index in [0.717, 1.165) is 33.4 Å². The number of nitrogens with one attached hydrogen (secondary N) is 1. The number of hydrogen-bond donors (Lipinski definition) is 2. The van der Waals surface area contributed by atoms with Gasteiger partial charge in [0.05, 0.1) is 16.2 Å². The van der Waals surface area contributed by atoms with Crippen molar-refractivity contribution in [3.63, 3.8) is 0 Å². The minimum atomic E-state index is -1.19. The van der Waals surface area contributed by atoms with E-state index in [9.17, 15) is 24.3 Å². The molecular formula is C23H20N2O5S. The third-order valence-electron chi connectivity index (χ3n) is 4.41. The Morgan fingerprint density at radius 1 is 1.13 bits per heavy atom. The molecular weight excluding hydrogens is 416 g/mol. The summed E-state index contributed by atoms with van der Waals surface area (Å²) in [5, 5.41) is 11.2. The Morgan fingerprint density at radius 2 is 1.84 bits per heavy atom. The quantitative estimate of drug-likeness (QED) is 0.654. The van der Waals surface area contributed by atoms with Gasteiger partial charge in [0, 0.05) is 0 Å². The molecule has 31 heavy (non-hydrogen) atoms. The van der Waals surface area contributed by atoms with E-state index < -0.39 is 29.6 Å². The molecule has 1 aliphatic heterocycles. The number of rotatable bonds is 6. The van der Waals surface area contributed by atoms with Gasteiger partial charge in [-0.05, 0) is 60.5 Å². The van der Waals surface area contributed by atoms with E-state index in [-0.39, 0.29) is 16.2 Å². The highest BCUT2D eigenvalue weighted by Gasteiger charge is 2.36. The van der Waals surface area contributed by atoms with Gasteiger partial charge in [0.2, 0.25) is 5.91 Å². The van der Waals surface area contributed by atoms with Crippen LogP contribution < -0.4 is 5.32 Å². The summed E-state index contributed by atoms with van der Waals surface area (Å²) in [5.74, 6) is -2.41. The molecule has 1 saturated heterocycles. The molecule has 0 aromatic heterocycles. The van der Waals surface area contributed by atoms with Gasteiger partial charge in [-0.3, -0.25) is 19.3 Å². The number of carbonyl (C=O) groups is 4. The third-order valence-corrected chi connectivity index (χ3v) is 5.31. The Bertz CT molecular complexity index is 1120. The van der Waals surface area contributed by atoms with Gasteiger partial charge in [-0.25, -0.2) is 4.79 Å². The molecule has 0 aliphatic carbocycles. The number of aryl methyl sites for hydroxylation is 1. The van der Waals surface area contributed by atoms with Crippen LogP contribution >= 0.6 is 11.8 Å². The Labute approximate surface area is 183 Å². The molecule has 1 heterocycles. The summed E-state index contributed by atoms with van der Waals surface area (Å²) in [5.41, 5.74) is 2.54. The van der Waals surface area contributed by atoms with Crippen LogP contribution in [0.1, 0.15) is 28.4 Å². The molecule has 0 radical (unpaired) electrons. The van der Waals surface area contributed by atoms with Crippen molar-refractivity contribution >= 4 is 46.5 Å². The molecule has 2 aromatic carbocycles. The van der Waals surface area contributed by atoms with Gasteiger partial charge in [-0.1, -0.05) is 42.5 Å². The summed E-state index contributed by atoms with van der Waals surface area (Å²) >= 11 is 0.763. The second-order valence-electron chi connectivity index (χ2n) is 6.97. The number of nitrogens with zero attached hydrogens (tertiary/aromatic N) is 1. The van der Waals surface area contributed by atoms with E-state index in [1.807, 2.05) is 43.3 Å². The maximum Gasteiger partial charge on any atom is 0.337 e. The zero-order valence-electron chi connectivity index (χ0n) is 16.9. The van der Waals surface area contributed by atoms with Gasteiger partial charge in [0.25, 0.3) is 11.1 Å². The predicted octanol–water partition coefficient (Wildman–Crippen LogP) is 4.31. The number of carboxylic acids is 1. The largest absolute Gasteiger partial charge is 0.478 e. The van der Waals surface area contributed by atoms with Crippen LogP contribution in [0.5, 0.6) is 0 Å². The Hall–Kier alpha value is -3.65. The lowest BCUT2D eigenvalue weighted by Gasteiger charge is -2.14. The van der Waals surface area contributed by atoms with Crippen LogP contribution in [-0.4, -0.2) is 39.6 Å². The molecule has 7 nitrogen and oxygen atoms in total. The predicted molar refractivity (Wildman–Crippen MR) is 120 cm³/mol. The fraction of sp³-hybridized carbons (Fsp3) is 0.130. The van der Waals surface area contributed by atoms with Gasteiger partial charge < -0.3 is 10.4 Å². The molecule has 0 unspecified atom stereocenters. The van der Waals surface area contributed by atoms with Gasteiger partial charge >= 0.3 is 5.97 Å². The first-order valence-electron chi connectivity index (χ1n) is 9.37. The van der Waals surface area contributed by atoms with Crippen molar-refractivity contribution in [2.24, 2.45) is 0 Å². The Kier molecular flexibility index (Phi) is 6.71. The average molecular weight is 436 g/mol. The van der Waals surface area contributed by atoms with Crippen molar-refractivity contribution in [1.29, 1.82) is 0 Å². The van der Waals surface area contributed by atoms with Crippen LogP contribution in [0.25, 0.3) is 6.08 Å². The fourth-order valence-electron chi connectivity index (χ4n) is 2.98. The average Bonchev–Trinajstić information content (AvgIpc) is 2.95. The molecule has 8 heteroatoms. The molecule has 0 bridgehead atoms. The summed E-state index contributed by atoms with van der Waals surface area (Å²) in [6, 6.07) is 14.1. The number of hydrogen-bond acceptors (Lipinski definition) is 5. The van der Waals surface area contributed by atoms with Crippen LogP contribution in [0.4, 0.5) is 10.5 Å². The van der Waals surface area contributed by atoms with E-state index in [2.05, 4.69) is 5.32 Å². The zero-order valence-corrected chi connectivity index (χ0v) is 17.7. The number of carbonyl (C=O) groups excluding carboxylic acids is 3. The van der Waals surface area contributed by atoms with Crippen molar-refractivity contribution in [2.75, 3.05) is 11.9 Å². The first-order valence-corrected chi connectivity index (χ1v) is 10.2. The maximum absolute atomic E-state index is 12.6. The van der Waals surface area contributed by atoms with Crippen molar-refractivity contribution < 1.29 is 24.3 Å². The van der Waals surface area contributed by atoms with Gasteiger partial charge in [-0.2, -0.15) is 0 Å². The third kappa shape index (κ3) is 5.49. The normalized spacial score (nSPS) is 15.5. The standard InChI is InChI=1S/C23H20N2O5S/c1-14-8-9-17(22(28)29)18(11-14)24-20(26)13-25-21(27)19(31-23(25)30)12-15(2)10-16-6-4-3-5-7-16/h3-12H,13H2,1-2H3,(H,24,26)(H,28,29)/b15-10+,19-12-. The lowest BCUT2D eigenvalue weighted by atomic mass is 10.1. The SMILES string of the molecule is CC(/C=C1\SC(=O)N(CC(=O)Nc2cc(C)ccc2C(=O)O)C1=O)=C\c1ccccc1. The second kappa shape index (κ2) is 9.44. The molecule has 0 atom stereocenters. The van der Waals surface area contributed by atoms with Crippen LogP contribution in [0.3, 0.4) is 0 Å². The number of carboxylic acid groups (broad SMARTS) is 1. The minimum Gasteiger partial charge on any atom is -0.478 e. The topological polar surface area (TPSA) is 104 Å². The van der Waals surface area contributed by atoms with E-state index in [1.54, 1.807) is 19.1 Å². The summed E-state index contributed by atoms with van der Waals surface area (Å²) in [7, 11) is 0. The van der Waals surface area contributed by atoms with Gasteiger partial charge in [-0.15, -0.1) is 0 Å². The maximum atomic E-state index is 12.6. The smallest absolute Gasteiger partial charge is 0.337 e. The highest BCUT2D eigenvalue weighted by atomic mass is 32.2. The number of anilines is 1. The highest BCUT2D eigenvalue weighted by molar-refractivity contribution is 8.18. The summed E-state index contributed by atoms with van der Waals surface area (Å²) in [6.45, 7) is 3.07. The highest BCUT2D eigenvalue weighted by Crippen LogP contribution is 2.31. The monoisotopic (exact) mass is 436 g/mol. The number of benzene rings is 2. The first-order chi connectivity index (χ1) is 14.7. The molecule has 0 spiro atoms. The number of imide groups is 1. The fourth-order valence-corrected chi connectivity index (χ4v) is 3.87. The zero-order chi connectivity index (χ0) is 22.5. The van der Waals surface area contributed by atoms with Gasteiger partial charge in [0.1, 0.15) is 6.54 Å². The summed E-state index contributed by atoms with van der Waals surface area (Å²) in [6.07, 6.45) is 3.49. The lowest BCUT2D eigenvalue weighted by molar-refractivity contribution is -0.127. The van der Waals surface area contributed by atoms with Crippen molar-refractivity contribution in [2.45, 2.75) is 13.8 Å². The van der Waals surface area contributed by atoms with E-state index >= 15 is 0 Å². The summed E-state index contributed by atoms with van der Waals surface area (Å²) in [4.78, 5) is 49.8. The molecule has 1 fully saturated rings. The van der Waals surface area contributed by atoms with Crippen molar-refractivity contribution in [1.82, 2.24) is 4.90 Å². The van der Waals surface area contributed by atoms with Gasteiger partial charge in [0.15, 0.2) is 0 Å². The van der Waals surface area contributed by atoms with Crippen LogP contribution in [0.2, 0.25) is 0 Å². The molecule has 1 aliphatic rings. The van der Waals surface area contributed by atoms with Crippen molar-refractivity contribution in [3.8, 4) is 0 Å². The molecule has 3 rings (SSSR count). The minimum absolute atomic E-state index is 0.0744. The number of thioether (sulfide) groups is 1. The molecule has 158 valence electrons. The second-order valence-corrected chi connectivity index (χ2v) is 7.96. The molecule has 0 saturated carbocycles.